The van der Waals surface area contributed by atoms with Gasteiger partial charge in [0, 0.05) is 5.02 Å². The van der Waals surface area contributed by atoms with E-state index in [9.17, 15) is 0 Å². The van der Waals surface area contributed by atoms with Crippen molar-refractivity contribution in [2.45, 2.75) is 13.8 Å². The molecule has 0 radical (unpaired) electrons. The number of hydrogen-bond acceptors (Lipinski definition) is 0. The fourth-order valence-corrected chi connectivity index (χ4v) is 1.61. The number of rotatable bonds is 0. The first kappa shape index (κ1) is 14.4. The van der Waals surface area contributed by atoms with Crippen LogP contribution in [0.25, 0.3) is 0 Å². The van der Waals surface area contributed by atoms with Gasteiger partial charge in [0.05, 0.1) is 10.0 Å². The van der Waals surface area contributed by atoms with Crippen molar-refractivity contribution in [2.24, 2.45) is 0 Å². The lowest BCUT2D eigenvalue weighted by atomic mass is 10.2. The molecule has 0 atom stereocenters. The van der Waals surface area contributed by atoms with Crippen molar-refractivity contribution in [3.63, 3.8) is 0 Å². The third-order valence-electron chi connectivity index (χ3n) is 2.09. The van der Waals surface area contributed by atoms with Crippen LogP contribution in [0.1, 0.15) is 11.1 Å². The maximum absolute atomic E-state index is 5.68. The van der Waals surface area contributed by atoms with Gasteiger partial charge in [0.15, 0.2) is 0 Å². The molecule has 0 aliphatic rings. The zero-order chi connectivity index (χ0) is 12.8. The minimum Gasteiger partial charge on any atom is -0.0843 e. The minimum absolute atomic E-state index is 0.613. The van der Waals surface area contributed by atoms with Crippen molar-refractivity contribution in [2.75, 3.05) is 0 Å². The Bertz CT molecular complexity index is 454. The van der Waals surface area contributed by atoms with Crippen LogP contribution in [0.5, 0.6) is 0 Å². The first-order valence-corrected chi connectivity index (χ1v) is 6.26. The zero-order valence-electron chi connectivity index (χ0n) is 9.68. The highest BCUT2D eigenvalue weighted by Gasteiger charge is 1.93. The van der Waals surface area contributed by atoms with E-state index in [0.29, 0.717) is 10.0 Å². The van der Waals surface area contributed by atoms with Crippen molar-refractivity contribution in [3.05, 3.63) is 68.7 Å². The van der Waals surface area contributed by atoms with Crippen LogP contribution in [-0.2, 0) is 0 Å². The standard InChI is InChI=1S/C7H6Cl2.C7H7Cl/c1-5-2-3-6(8)7(9)4-5;1-6-2-4-7(8)5-3-6/h2-4H,1H3;2-5H,1H3. The smallest absolute Gasteiger partial charge is 0.0594 e. The summed E-state index contributed by atoms with van der Waals surface area (Å²) in [6, 6.07) is 13.3. The Morgan fingerprint density at radius 3 is 1.59 bits per heavy atom. The minimum atomic E-state index is 0.613. The summed E-state index contributed by atoms with van der Waals surface area (Å²) in [6.07, 6.45) is 0. The van der Waals surface area contributed by atoms with Crippen LogP contribution < -0.4 is 0 Å². The quantitative estimate of drug-likeness (QED) is 0.561. The largest absolute Gasteiger partial charge is 0.0843 e. The third-order valence-corrected chi connectivity index (χ3v) is 3.08. The second-order valence-electron chi connectivity index (χ2n) is 3.71. The summed E-state index contributed by atoms with van der Waals surface area (Å²) < 4.78 is 0. The summed E-state index contributed by atoms with van der Waals surface area (Å²) >= 11 is 16.9. The van der Waals surface area contributed by atoms with E-state index in [1.165, 1.54) is 5.56 Å². The van der Waals surface area contributed by atoms with Gasteiger partial charge in [-0.3, -0.25) is 0 Å². The molecule has 2 aromatic carbocycles. The third kappa shape index (κ3) is 5.45. The van der Waals surface area contributed by atoms with Crippen LogP contribution in [0.4, 0.5) is 0 Å². The Labute approximate surface area is 117 Å². The van der Waals surface area contributed by atoms with Gasteiger partial charge < -0.3 is 0 Å². The molecular weight excluding hydrogens is 275 g/mol. The van der Waals surface area contributed by atoms with Crippen molar-refractivity contribution in [1.82, 2.24) is 0 Å². The van der Waals surface area contributed by atoms with E-state index in [2.05, 4.69) is 0 Å². The van der Waals surface area contributed by atoms with Gasteiger partial charge in [0.2, 0.25) is 0 Å². The van der Waals surface area contributed by atoms with Gasteiger partial charge in [-0.2, -0.15) is 0 Å². The van der Waals surface area contributed by atoms with Crippen LogP contribution in [-0.4, -0.2) is 0 Å². The molecule has 0 fully saturated rings. The van der Waals surface area contributed by atoms with Crippen molar-refractivity contribution >= 4 is 34.8 Å². The molecule has 0 unspecified atom stereocenters. The molecule has 2 rings (SSSR count). The lowest BCUT2D eigenvalue weighted by Crippen LogP contribution is -1.70. The van der Waals surface area contributed by atoms with Crippen molar-refractivity contribution in [1.29, 1.82) is 0 Å². The number of halogens is 3. The average Bonchev–Trinajstić information content (AvgIpc) is 2.29. The second-order valence-corrected chi connectivity index (χ2v) is 4.96. The molecule has 2 aromatic rings. The monoisotopic (exact) mass is 286 g/mol. The van der Waals surface area contributed by atoms with E-state index in [-0.39, 0.29) is 0 Å². The molecule has 0 N–H and O–H groups in total. The maximum Gasteiger partial charge on any atom is 0.0594 e. The van der Waals surface area contributed by atoms with E-state index < -0.39 is 0 Å². The van der Waals surface area contributed by atoms with Gasteiger partial charge >= 0.3 is 0 Å². The number of hydrogen-bond donors (Lipinski definition) is 0. The van der Waals surface area contributed by atoms with Crippen LogP contribution >= 0.6 is 34.8 Å². The summed E-state index contributed by atoms with van der Waals surface area (Å²) in [6.45, 7) is 4.01. The van der Waals surface area contributed by atoms with Crippen LogP contribution in [0.15, 0.2) is 42.5 Å². The molecule has 0 nitrogen and oxygen atoms in total. The average molecular weight is 288 g/mol. The molecular formula is C14H13Cl3. The Balaban J connectivity index is 0.000000171. The normalized spacial score (nSPS) is 9.47. The fourth-order valence-electron chi connectivity index (χ4n) is 1.13. The second kappa shape index (κ2) is 6.90. The summed E-state index contributed by atoms with van der Waals surface area (Å²) in [5.41, 5.74) is 2.37. The Hall–Kier alpha value is -0.690. The number of benzene rings is 2. The molecule has 90 valence electrons. The van der Waals surface area contributed by atoms with Gasteiger partial charge in [0.1, 0.15) is 0 Å². The van der Waals surface area contributed by atoms with Gasteiger partial charge in [-0.25, -0.2) is 0 Å². The molecule has 0 aliphatic heterocycles. The Kier molecular flexibility index (Phi) is 5.84. The van der Waals surface area contributed by atoms with Crippen molar-refractivity contribution < 1.29 is 0 Å². The molecule has 0 saturated carbocycles. The molecule has 0 saturated heterocycles. The fraction of sp³-hybridized carbons (Fsp3) is 0.143. The maximum atomic E-state index is 5.68. The van der Waals surface area contributed by atoms with E-state index in [4.69, 9.17) is 34.8 Å². The SMILES string of the molecule is Cc1ccc(Cl)c(Cl)c1.Cc1ccc(Cl)cc1. The lowest BCUT2D eigenvalue weighted by Gasteiger charge is -1.94. The highest BCUT2D eigenvalue weighted by molar-refractivity contribution is 6.42. The molecule has 0 amide bonds. The van der Waals surface area contributed by atoms with Crippen molar-refractivity contribution in [3.8, 4) is 0 Å². The van der Waals surface area contributed by atoms with Gasteiger partial charge in [-0.15, -0.1) is 0 Å². The van der Waals surface area contributed by atoms with E-state index in [0.717, 1.165) is 10.6 Å². The molecule has 0 aliphatic carbocycles. The summed E-state index contributed by atoms with van der Waals surface area (Å²) in [5, 5.41) is 2.04. The summed E-state index contributed by atoms with van der Waals surface area (Å²) in [4.78, 5) is 0. The Morgan fingerprint density at radius 2 is 1.18 bits per heavy atom. The van der Waals surface area contributed by atoms with Crippen LogP contribution in [0, 0.1) is 13.8 Å². The molecule has 0 aromatic heterocycles. The molecule has 0 spiro atoms. The van der Waals surface area contributed by atoms with Gasteiger partial charge in [0.25, 0.3) is 0 Å². The van der Waals surface area contributed by atoms with Gasteiger partial charge in [-0.1, -0.05) is 58.6 Å². The van der Waals surface area contributed by atoms with E-state index in [1.54, 1.807) is 6.07 Å². The topological polar surface area (TPSA) is 0 Å². The molecule has 17 heavy (non-hydrogen) atoms. The molecule has 0 bridgehead atoms. The predicted octanol–water partition coefficient (Wildman–Crippen LogP) is 5.95. The lowest BCUT2D eigenvalue weighted by molar-refractivity contribution is 1.47. The number of aryl methyl sites for hydroxylation is 2. The van der Waals surface area contributed by atoms with Crippen LogP contribution in [0.3, 0.4) is 0 Å². The highest BCUT2D eigenvalue weighted by Crippen LogP contribution is 2.21. The summed E-state index contributed by atoms with van der Waals surface area (Å²) in [5.74, 6) is 0. The first-order chi connectivity index (χ1) is 7.99. The van der Waals surface area contributed by atoms with Crippen LogP contribution in [0.2, 0.25) is 15.1 Å². The Morgan fingerprint density at radius 1 is 0.647 bits per heavy atom. The van der Waals surface area contributed by atoms with E-state index in [1.807, 2.05) is 50.2 Å². The molecule has 0 heterocycles. The molecule has 3 heteroatoms. The van der Waals surface area contributed by atoms with Gasteiger partial charge in [-0.05, 0) is 43.7 Å². The zero-order valence-corrected chi connectivity index (χ0v) is 11.9. The van der Waals surface area contributed by atoms with E-state index >= 15 is 0 Å². The first-order valence-electron chi connectivity index (χ1n) is 5.13. The highest BCUT2D eigenvalue weighted by atomic mass is 35.5. The summed E-state index contributed by atoms with van der Waals surface area (Å²) in [7, 11) is 0. The predicted molar refractivity (Wildman–Crippen MR) is 77.4 cm³/mol.